The zero-order valence-electron chi connectivity index (χ0n) is 29.9. The smallest absolute Gasteiger partial charge is 0.306 e. The van der Waals surface area contributed by atoms with Crippen LogP contribution >= 0.6 is 0 Å². The minimum absolute atomic E-state index is 0.0112. The molecule has 4 amide bonds. The van der Waals surface area contributed by atoms with Crippen LogP contribution in [0.15, 0.2) is 42.5 Å². The maximum Gasteiger partial charge on any atom is 0.306 e. The number of carboxylic acid groups (broad SMARTS) is 2. The monoisotopic (exact) mass is 743 g/mol. The van der Waals surface area contributed by atoms with Gasteiger partial charge in [0.2, 0.25) is 11.8 Å². The molecule has 2 aromatic rings. The van der Waals surface area contributed by atoms with Crippen LogP contribution in [0.25, 0.3) is 0 Å². The van der Waals surface area contributed by atoms with Gasteiger partial charge in [0.15, 0.2) is 0 Å². The third kappa shape index (κ3) is 11.5. The Balaban J connectivity index is 1.47. The van der Waals surface area contributed by atoms with E-state index in [0.29, 0.717) is 32.2 Å². The molecule has 1 aliphatic heterocycles. The molecule has 2 aromatic carbocycles. The summed E-state index contributed by atoms with van der Waals surface area (Å²) in [4.78, 5) is 80.3. The maximum absolute atomic E-state index is 14.1. The van der Waals surface area contributed by atoms with Crippen LogP contribution in [0, 0.1) is 29.4 Å². The molecular weight excluding hydrogens is 696 g/mol. The number of halogens is 2. The molecule has 2 unspecified atom stereocenters. The first-order valence-electron chi connectivity index (χ1n) is 17.6. The number of hydrogen-bond donors (Lipinski definition) is 6. The lowest BCUT2D eigenvalue weighted by Gasteiger charge is -2.33. The van der Waals surface area contributed by atoms with Crippen LogP contribution in [0.5, 0.6) is 0 Å². The van der Waals surface area contributed by atoms with Crippen LogP contribution in [0.1, 0.15) is 65.8 Å². The number of aliphatic hydroxyl groups is 1. The number of hydrogen-bond acceptors (Lipinski definition) is 8. The number of nitrogens with one attached hydrogen (secondary N) is 3. The van der Waals surface area contributed by atoms with E-state index in [4.69, 9.17) is 0 Å². The number of nitrogens with zero attached hydrogens (tertiary/aromatic N) is 2. The molecule has 2 fully saturated rings. The van der Waals surface area contributed by atoms with E-state index in [1.165, 1.54) is 18.2 Å². The highest BCUT2D eigenvalue weighted by Gasteiger charge is 2.38. The van der Waals surface area contributed by atoms with Crippen LogP contribution in [0.4, 0.5) is 8.78 Å². The van der Waals surface area contributed by atoms with Crippen molar-refractivity contribution in [1.82, 2.24) is 25.8 Å². The number of carboxylic acids is 2. The lowest BCUT2D eigenvalue weighted by molar-refractivity contribution is -0.149. The lowest BCUT2D eigenvalue weighted by Crippen LogP contribution is -2.55. The van der Waals surface area contributed by atoms with E-state index in [1.807, 2.05) is 7.05 Å². The van der Waals surface area contributed by atoms with Crippen LogP contribution < -0.4 is 16.0 Å². The van der Waals surface area contributed by atoms with Crippen molar-refractivity contribution in [2.75, 3.05) is 33.2 Å². The first-order chi connectivity index (χ1) is 25.0. The van der Waals surface area contributed by atoms with Gasteiger partial charge < -0.3 is 41.1 Å². The number of benzene rings is 2. The van der Waals surface area contributed by atoms with Crippen molar-refractivity contribution >= 4 is 35.6 Å². The highest BCUT2D eigenvalue weighted by Crippen LogP contribution is 2.30. The standard InChI is InChI=1S/C37H47F2N5O9/c1-20(2)32(34(48)40-28-16-24(36(50)51)15-25(17-28)37(52)53)42-31(46)19-30(45)29(13-21-11-26(38)18-27(39)12-21)41-33(47)22-5-4-6-23(14-22)35(49)44-9-7-43(3)8-10-44/h4-6,11-12,14,18,20,24-25,28-30,32,45H,7-10,13,15-17,19H2,1-3H3,(H,40,48)(H,41,47)(H,42,46)(H,50,51)(H,52,53)/t24?,25?,28?,29-,30-,32-/m0/s1. The average molecular weight is 744 g/mol. The Bertz CT molecular complexity index is 1640. The Kier molecular flexibility index (Phi) is 14.0. The number of amides is 4. The van der Waals surface area contributed by atoms with E-state index in [2.05, 4.69) is 20.9 Å². The van der Waals surface area contributed by atoms with E-state index in [-0.39, 0.29) is 48.3 Å². The molecule has 0 radical (unpaired) electrons. The molecule has 1 aliphatic carbocycles. The Labute approximate surface area is 305 Å². The molecule has 0 spiro atoms. The Morgan fingerprint density at radius 3 is 1.98 bits per heavy atom. The molecule has 288 valence electrons. The fourth-order valence-electron chi connectivity index (χ4n) is 6.73. The van der Waals surface area contributed by atoms with Gasteiger partial charge in [-0.25, -0.2) is 8.78 Å². The number of piperazine rings is 1. The van der Waals surface area contributed by atoms with Crippen LogP contribution in [0.2, 0.25) is 0 Å². The molecule has 5 atom stereocenters. The first-order valence-corrected chi connectivity index (χ1v) is 17.6. The number of aliphatic hydroxyl groups excluding tert-OH is 1. The molecule has 1 saturated carbocycles. The van der Waals surface area contributed by atoms with Crippen molar-refractivity contribution in [3.63, 3.8) is 0 Å². The van der Waals surface area contributed by atoms with E-state index < -0.39 is 89.7 Å². The van der Waals surface area contributed by atoms with E-state index in [9.17, 15) is 52.9 Å². The summed E-state index contributed by atoms with van der Waals surface area (Å²) in [5.74, 6) is -9.01. The molecule has 16 heteroatoms. The molecule has 2 aliphatic rings. The molecule has 14 nitrogen and oxygen atoms in total. The van der Waals surface area contributed by atoms with Crippen molar-refractivity contribution < 1.29 is 52.9 Å². The summed E-state index contributed by atoms with van der Waals surface area (Å²) < 4.78 is 28.2. The number of carbonyl (C=O) groups is 6. The van der Waals surface area contributed by atoms with Crippen molar-refractivity contribution in [3.8, 4) is 0 Å². The van der Waals surface area contributed by atoms with Gasteiger partial charge in [0.1, 0.15) is 17.7 Å². The minimum Gasteiger partial charge on any atom is -0.481 e. The molecular formula is C37H47F2N5O9. The normalized spacial score (nSPS) is 20.9. The lowest BCUT2D eigenvalue weighted by atomic mass is 9.78. The Morgan fingerprint density at radius 2 is 1.42 bits per heavy atom. The average Bonchev–Trinajstić information content (AvgIpc) is 3.09. The summed E-state index contributed by atoms with van der Waals surface area (Å²) in [5.41, 5.74) is 0.429. The van der Waals surface area contributed by atoms with Gasteiger partial charge in [0.25, 0.3) is 11.8 Å². The predicted molar refractivity (Wildman–Crippen MR) is 187 cm³/mol. The molecule has 6 N–H and O–H groups in total. The third-order valence-electron chi connectivity index (χ3n) is 9.73. The number of rotatable bonds is 14. The van der Waals surface area contributed by atoms with Crippen molar-refractivity contribution in [2.45, 2.75) is 70.2 Å². The summed E-state index contributed by atoms with van der Waals surface area (Å²) in [7, 11) is 1.95. The molecule has 53 heavy (non-hydrogen) atoms. The van der Waals surface area contributed by atoms with Crippen molar-refractivity contribution in [2.24, 2.45) is 17.8 Å². The van der Waals surface area contributed by atoms with E-state index in [1.54, 1.807) is 24.8 Å². The van der Waals surface area contributed by atoms with E-state index in [0.717, 1.165) is 12.1 Å². The molecule has 4 rings (SSSR count). The highest BCUT2D eigenvalue weighted by molar-refractivity contribution is 6.00. The van der Waals surface area contributed by atoms with Crippen LogP contribution in [0.3, 0.4) is 0 Å². The summed E-state index contributed by atoms with van der Waals surface area (Å²) in [5, 5.41) is 38.2. The van der Waals surface area contributed by atoms with Crippen molar-refractivity contribution in [3.05, 3.63) is 70.8 Å². The van der Waals surface area contributed by atoms with Gasteiger partial charge in [-0.15, -0.1) is 0 Å². The zero-order valence-corrected chi connectivity index (χ0v) is 29.9. The summed E-state index contributed by atoms with van der Waals surface area (Å²) in [6.07, 6.45) is -2.61. The summed E-state index contributed by atoms with van der Waals surface area (Å²) in [6, 6.07) is 5.50. The molecule has 1 saturated heterocycles. The van der Waals surface area contributed by atoms with Gasteiger partial charge in [-0.05, 0) is 74.5 Å². The minimum atomic E-state index is -1.62. The van der Waals surface area contributed by atoms with Crippen LogP contribution in [-0.2, 0) is 25.6 Å². The number of likely N-dealkylation sites (N-methyl/N-ethyl adjacent to an activating group) is 1. The van der Waals surface area contributed by atoms with Gasteiger partial charge in [-0.1, -0.05) is 19.9 Å². The van der Waals surface area contributed by atoms with Gasteiger partial charge in [-0.2, -0.15) is 0 Å². The van der Waals surface area contributed by atoms with Gasteiger partial charge in [0.05, 0.1) is 30.4 Å². The number of aliphatic carboxylic acids is 2. The second-order valence-corrected chi connectivity index (χ2v) is 14.3. The quantitative estimate of drug-likeness (QED) is 0.165. The SMILES string of the molecule is CC(C)[C@H](NC(=O)C[C@H](O)[C@H](Cc1cc(F)cc(F)c1)NC(=O)c1cccc(C(=O)N2CCN(C)CC2)c1)C(=O)NC1CC(C(=O)O)CC(C(=O)O)C1. The summed E-state index contributed by atoms with van der Waals surface area (Å²) >= 11 is 0. The van der Waals surface area contributed by atoms with Crippen LogP contribution in [-0.4, -0.2) is 118 Å². The zero-order chi connectivity index (χ0) is 39.0. The molecule has 1 heterocycles. The predicted octanol–water partition coefficient (Wildman–Crippen LogP) is 1.66. The van der Waals surface area contributed by atoms with Gasteiger partial charge in [-0.3, -0.25) is 28.8 Å². The van der Waals surface area contributed by atoms with E-state index >= 15 is 0 Å². The largest absolute Gasteiger partial charge is 0.481 e. The van der Waals surface area contributed by atoms with Gasteiger partial charge >= 0.3 is 11.9 Å². The fraction of sp³-hybridized carbons (Fsp3) is 0.514. The topological polar surface area (TPSA) is 206 Å². The maximum atomic E-state index is 14.1. The summed E-state index contributed by atoms with van der Waals surface area (Å²) in [6.45, 7) is 5.72. The molecule has 0 bridgehead atoms. The molecule has 0 aromatic heterocycles. The number of carbonyl (C=O) groups excluding carboxylic acids is 4. The fourth-order valence-corrected chi connectivity index (χ4v) is 6.73. The Morgan fingerprint density at radius 1 is 0.830 bits per heavy atom. The van der Waals surface area contributed by atoms with Gasteiger partial charge in [0, 0.05) is 49.4 Å². The first kappa shape index (κ1) is 40.8. The third-order valence-corrected chi connectivity index (χ3v) is 9.73. The van der Waals surface area contributed by atoms with Crippen molar-refractivity contribution in [1.29, 1.82) is 0 Å². The second kappa shape index (κ2) is 18.2. The highest BCUT2D eigenvalue weighted by atomic mass is 19.1. The Hall–Kier alpha value is -4.96. The second-order valence-electron chi connectivity index (χ2n) is 14.3.